The number of esters is 1. The number of para-hydroxylation sites is 2. The first-order valence-electron chi connectivity index (χ1n) is 6.47. The SMILES string of the molecule is COC(=O)Cn1c(-c2ccccc2Cl)nc2ccccc21. The third kappa shape index (κ3) is 2.50. The Bertz CT molecular complexity index is 811. The maximum Gasteiger partial charge on any atom is 0.325 e. The van der Waals surface area contributed by atoms with Gasteiger partial charge in [-0.1, -0.05) is 35.9 Å². The van der Waals surface area contributed by atoms with Gasteiger partial charge in [0.05, 0.1) is 23.2 Å². The minimum Gasteiger partial charge on any atom is -0.468 e. The molecule has 0 aliphatic heterocycles. The average molecular weight is 301 g/mol. The summed E-state index contributed by atoms with van der Waals surface area (Å²) in [5, 5.41) is 0.596. The highest BCUT2D eigenvalue weighted by atomic mass is 35.5. The molecule has 0 aliphatic rings. The topological polar surface area (TPSA) is 44.1 Å². The largest absolute Gasteiger partial charge is 0.468 e. The van der Waals surface area contributed by atoms with Gasteiger partial charge in [0.15, 0.2) is 0 Å². The third-order valence-corrected chi connectivity index (χ3v) is 3.61. The van der Waals surface area contributed by atoms with Crippen LogP contribution in [0.1, 0.15) is 0 Å². The number of benzene rings is 2. The van der Waals surface area contributed by atoms with Gasteiger partial charge in [-0.05, 0) is 24.3 Å². The van der Waals surface area contributed by atoms with Crippen molar-refractivity contribution in [2.75, 3.05) is 7.11 Å². The first-order chi connectivity index (χ1) is 10.2. The molecule has 0 atom stereocenters. The van der Waals surface area contributed by atoms with Crippen LogP contribution in [0.15, 0.2) is 48.5 Å². The second-order valence-electron chi connectivity index (χ2n) is 4.57. The summed E-state index contributed by atoms with van der Waals surface area (Å²) < 4.78 is 6.59. The molecule has 0 amide bonds. The number of ether oxygens (including phenoxy) is 1. The molecule has 0 saturated carbocycles. The van der Waals surface area contributed by atoms with E-state index in [0.29, 0.717) is 10.8 Å². The van der Waals surface area contributed by atoms with Crippen LogP contribution in [0.3, 0.4) is 0 Å². The Balaban J connectivity index is 2.24. The van der Waals surface area contributed by atoms with E-state index in [0.717, 1.165) is 16.6 Å². The van der Waals surface area contributed by atoms with E-state index < -0.39 is 0 Å². The highest BCUT2D eigenvalue weighted by Gasteiger charge is 2.16. The van der Waals surface area contributed by atoms with Crippen molar-refractivity contribution >= 4 is 28.6 Å². The van der Waals surface area contributed by atoms with Gasteiger partial charge >= 0.3 is 5.97 Å². The number of imidazole rings is 1. The summed E-state index contributed by atoms with van der Waals surface area (Å²) in [6.07, 6.45) is 0. The Morgan fingerprint density at radius 2 is 1.90 bits per heavy atom. The lowest BCUT2D eigenvalue weighted by Gasteiger charge is -2.09. The zero-order valence-corrected chi connectivity index (χ0v) is 12.2. The quantitative estimate of drug-likeness (QED) is 0.695. The van der Waals surface area contributed by atoms with Crippen molar-refractivity contribution in [3.8, 4) is 11.4 Å². The predicted octanol–water partition coefficient (Wildman–Crippen LogP) is 3.53. The van der Waals surface area contributed by atoms with E-state index in [-0.39, 0.29) is 12.5 Å². The number of hydrogen-bond donors (Lipinski definition) is 0. The highest BCUT2D eigenvalue weighted by Crippen LogP contribution is 2.30. The molecule has 5 heteroatoms. The Labute approximate surface area is 126 Å². The smallest absolute Gasteiger partial charge is 0.325 e. The number of carbonyl (C=O) groups excluding carboxylic acids is 1. The molecular weight excluding hydrogens is 288 g/mol. The van der Waals surface area contributed by atoms with E-state index in [1.54, 1.807) is 6.07 Å². The molecule has 4 nitrogen and oxygen atoms in total. The molecule has 0 N–H and O–H groups in total. The van der Waals surface area contributed by atoms with Gasteiger partial charge < -0.3 is 9.30 Å². The minimum atomic E-state index is -0.327. The minimum absolute atomic E-state index is 0.0948. The fraction of sp³-hybridized carbons (Fsp3) is 0.125. The fourth-order valence-corrected chi connectivity index (χ4v) is 2.50. The number of halogens is 1. The number of fused-ring (bicyclic) bond motifs is 1. The molecule has 0 fully saturated rings. The lowest BCUT2D eigenvalue weighted by molar-refractivity contribution is -0.141. The van der Waals surface area contributed by atoms with E-state index in [2.05, 4.69) is 4.98 Å². The molecule has 1 aromatic heterocycles. The predicted molar refractivity (Wildman–Crippen MR) is 82.2 cm³/mol. The van der Waals surface area contributed by atoms with Crippen molar-refractivity contribution in [2.45, 2.75) is 6.54 Å². The van der Waals surface area contributed by atoms with E-state index in [4.69, 9.17) is 16.3 Å². The van der Waals surface area contributed by atoms with Gasteiger partial charge in [0, 0.05) is 5.56 Å². The maximum atomic E-state index is 11.7. The average Bonchev–Trinajstić information content (AvgIpc) is 2.86. The summed E-state index contributed by atoms with van der Waals surface area (Å²) in [4.78, 5) is 16.3. The van der Waals surface area contributed by atoms with Gasteiger partial charge in [0.25, 0.3) is 0 Å². The van der Waals surface area contributed by atoms with Crippen LogP contribution in [0.2, 0.25) is 5.02 Å². The summed E-state index contributed by atoms with van der Waals surface area (Å²) in [6, 6.07) is 15.1. The van der Waals surface area contributed by atoms with Crippen molar-refractivity contribution < 1.29 is 9.53 Å². The maximum absolute atomic E-state index is 11.7. The first kappa shape index (κ1) is 13.6. The van der Waals surface area contributed by atoms with Gasteiger partial charge in [-0.25, -0.2) is 4.98 Å². The van der Waals surface area contributed by atoms with Crippen molar-refractivity contribution in [2.24, 2.45) is 0 Å². The summed E-state index contributed by atoms with van der Waals surface area (Å²) in [5.41, 5.74) is 2.48. The van der Waals surface area contributed by atoms with Gasteiger partial charge in [0.1, 0.15) is 12.4 Å². The number of carbonyl (C=O) groups is 1. The molecule has 0 bridgehead atoms. The number of methoxy groups -OCH3 is 1. The van der Waals surface area contributed by atoms with Crippen molar-refractivity contribution in [3.63, 3.8) is 0 Å². The Hall–Kier alpha value is -2.33. The van der Waals surface area contributed by atoms with E-state index >= 15 is 0 Å². The van der Waals surface area contributed by atoms with Crippen LogP contribution in [0.5, 0.6) is 0 Å². The van der Waals surface area contributed by atoms with Crippen LogP contribution in [0, 0.1) is 0 Å². The zero-order valence-electron chi connectivity index (χ0n) is 11.4. The standard InChI is InChI=1S/C16H13ClN2O2/c1-21-15(20)10-19-14-9-5-4-8-13(14)18-16(19)11-6-2-3-7-12(11)17/h2-9H,10H2,1H3. The van der Waals surface area contributed by atoms with Crippen molar-refractivity contribution in [1.82, 2.24) is 9.55 Å². The third-order valence-electron chi connectivity index (χ3n) is 3.28. The molecule has 1 heterocycles. The number of nitrogens with zero attached hydrogens (tertiary/aromatic N) is 2. The van der Waals surface area contributed by atoms with Crippen molar-refractivity contribution in [1.29, 1.82) is 0 Å². The van der Waals surface area contributed by atoms with E-state index in [1.807, 2.05) is 47.0 Å². The summed E-state index contributed by atoms with van der Waals surface area (Å²) in [6.45, 7) is 0.0948. The van der Waals surface area contributed by atoms with Gasteiger partial charge in [0.2, 0.25) is 0 Å². The lowest BCUT2D eigenvalue weighted by atomic mass is 10.2. The molecule has 3 rings (SSSR count). The molecule has 0 saturated heterocycles. The second-order valence-corrected chi connectivity index (χ2v) is 4.97. The normalized spacial score (nSPS) is 10.8. The van der Waals surface area contributed by atoms with Crippen LogP contribution in [-0.2, 0) is 16.1 Å². The van der Waals surface area contributed by atoms with Crippen LogP contribution in [0.4, 0.5) is 0 Å². The van der Waals surface area contributed by atoms with Gasteiger partial charge in [-0.2, -0.15) is 0 Å². The molecule has 0 unspecified atom stereocenters. The summed E-state index contributed by atoms with van der Waals surface area (Å²) in [7, 11) is 1.37. The van der Waals surface area contributed by atoms with Crippen LogP contribution >= 0.6 is 11.6 Å². The van der Waals surface area contributed by atoms with E-state index in [1.165, 1.54) is 7.11 Å². The second kappa shape index (κ2) is 5.58. The summed E-state index contributed by atoms with van der Waals surface area (Å²) >= 11 is 6.26. The highest BCUT2D eigenvalue weighted by molar-refractivity contribution is 6.33. The number of aromatic nitrogens is 2. The molecule has 0 aliphatic carbocycles. The summed E-state index contributed by atoms with van der Waals surface area (Å²) in [5.74, 6) is 0.332. The Morgan fingerprint density at radius 3 is 2.67 bits per heavy atom. The number of rotatable bonds is 3. The Kier molecular flexibility index (Phi) is 3.62. The van der Waals surface area contributed by atoms with Crippen LogP contribution in [0.25, 0.3) is 22.4 Å². The fourth-order valence-electron chi connectivity index (χ4n) is 2.28. The molecular formula is C16H13ClN2O2. The van der Waals surface area contributed by atoms with E-state index in [9.17, 15) is 4.79 Å². The molecule has 0 radical (unpaired) electrons. The molecule has 3 aromatic rings. The molecule has 21 heavy (non-hydrogen) atoms. The first-order valence-corrected chi connectivity index (χ1v) is 6.85. The van der Waals surface area contributed by atoms with Crippen LogP contribution in [-0.4, -0.2) is 22.6 Å². The molecule has 0 spiro atoms. The van der Waals surface area contributed by atoms with Crippen LogP contribution < -0.4 is 0 Å². The zero-order chi connectivity index (χ0) is 14.8. The lowest BCUT2D eigenvalue weighted by Crippen LogP contribution is -2.12. The monoisotopic (exact) mass is 300 g/mol. The molecule has 106 valence electrons. The van der Waals surface area contributed by atoms with Gasteiger partial charge in [-0.3, -0.25) is 4.79 Å². The van der Waals surface area contributed by atoms with Gasteiger partial charge in [-0.15, -0.1) is 0 Å². The molecule has 2 aromatic carbocycles. The van der Waals surface area contributed by atoms with Crippen molar-refractivity contribution in [3.05, 3.63) is 53.6 Å². The number of hydrogen-bond acceptors (Lipinski definition) is 3. The Morgan fingerprint density at radius 1 is 1.19 bits per heavy atom.